The van der Waals surface area contributed by atoms with Crippen molar-refractivity contribution in [3.05, 3.63) is 0 Å². The van der Waals surface area contributed by atoms with Crippen LogP contribution in [0, 0.1) is 0 Å². The van der Waals surface area contributed by atoms with Gasteiger partial charge in [-0.3, -0.25) is 0 Å². The SMILES string of the molecule is CCCCCCCCCCCCC(O)C(O)CCCCCCCC. The van der Waals surface area contributed by atoms with Gasteiger partial charge in [0.2, 0.25) is 0 Å². The molecule has 0 amide bonds. The lowest BCUT2D eigenvalue weighted by Crippen LogP contribution is -2.25. The third kappa shape index (κ3) is 16.8. The third-order valence-corrected chi connectivity index (χ3v) is 5.15. The number of hydrogen-bond donors (Lipinski definition) is 2. The molecule has 2 heteroatoms. The molecule has 146 valence electrons. The molecule has 0 radical (unpaired) electrons. The number of unbranched alkanes of at least 4 members (excludes halogenated alkanes) is 14. The van der Waals surface area contributed by atoms with Crippen molar-refractivity contribution in [1.82, 2.24) is 0 Å². The minimum Gasteiger partial charge on any atom is -0.390 e. The van der Waals surface area contributed by atoms with Crippen LogP contribution in [0.15, 0.2) is 0 Å². The Hall–Kier alpha value is -0.0800. The Labute approximate surface area is 152 Å². The summed E-state index contributed by atoms with van der Waals surface area (Å²) in [6.45, 7) is 4.49. The first-order valence-corrected chi connectivity index (χ1v) is 11.1. The van der Waals surface area contributed by atoms with Crippen molar-refractivity contribution in [2.45, 2.75) is 142 Å². The first kappa shape index (κ1) is 23.9. The zero-order chi connectivity index (χ0) is 17.9. The van der Waals surface area contributed by atoms with E-state index in [9.17, 15) is 10.2 Å². The van der Waals surface area contributed by atoms with Gasteiger partial charge in [-0.15, -0.1) is 0 Å². The van der Waals surface area contributed by atoms with Gasteiger partial charge in [-0.1, -0.05) is 117 Å². The second-order valence-corrected chi connectivity index (χ2v) is 7.66. The van der Waals surface area contributed by atoms with Crippen LogP contribution in [0.4, 0.5) is 0 Å². The molecule has 0 aliphatic carbocycles. The highest BCUT2D eigenvalue weighted by atomic mass is 16.3. The van der Waals surface area contributed by atoms with E-state index in [1.807, 2.05) is 0 Å². The molecule has 0 rings (SSSR count). The van der Waals surface area contributed by atoms with Gasteiger partial charge in [-0.25, -0.2) is 0 Å². The summed E-state index contributed by atoms with van der Waals surface area (Å²) in [4.78, 5) is 0. The van der Waals surface area contributed by atoms with Crippen LogP contribution in [0.3, 0.4) is 0 Å². The van der Waals surface area contributed by atoms with E-state index < -0.39 is 12.2 Å². The van der Waals surface area contributed by atoms with Crippen molar-refractivity contribution in [3.63, 3.8) is 0 Å². The molecule has 0 saturated heterocycles. The molecule has 0 spiro atoms. The fraction of sp³-hybridized carbons (Fsp3) is 1.00. The summed E-state index contributed by atoms with van der Waals surface area (Å²) in [6.07, 6.45) is 21.1. The Bertz CT molecular complexity index is 230. The standard InChI is InChI=1S/C22H46O2/c1-3-5-7-9-11-12-13-14-16-18-20-22(24)21(23)19-17-15-10-8-6-4-2/h21-24H,3-20H2,1-2H3. The van der Waals surface area contributed by atoms with E-state index in [-0.39, 0.29) is 0 Å². The van der Waals surface area contributed by atoms with Crippen LogP contribution in [-0.2, 0) is 0 Å². The summed E-state index contributed by atoms with van der Waals surface area (Å²) in [6, 6.07) is 0. The first-order chi connectivity index (χ1) is 11.7. The van der Waals surface area contributed by atoms with Crippen LogP contribution in [0.5, 0.6) is 0 Å². The summed E-state index contributed by atoms with van der Waals surface area (Å²) >= 11 is 0. The van der Waals surface area contributed by atoms with E-state index in [4.69, 9.17) is 0 Å². The topological polar surface area (TPSA) is 40.5 Å². The smallest absolute Gasteiger partial charge is 0.0799 e. The third-order valence-electron chi connectivity index (χ3n) is 5.15. The summed E-state index contributed by atoms with van der Waals surface area (Å²) in [7, 11) is 0. The predicted molar refractivity (Wildman–Crippen MR) is 106 cm³/mol. The Morgan fingerprint density at radius 2 is 0.667 bits per heavy atom. The normalized spacial score (nSPS) is 14.0. The average molecular weight is 343 g/mol. The molecule has 0 aromatic carbocycles. The molecular formula is C22H46O2. The average Bonchev–Trinajstić information content (AvgIpc) is 2.59. The van der Waals surface area contributed by atoms with Gasteiger partial charge in [-0.2, -0.15) is 0 Å². The molecule has 0 aliphatic heterocycles. The zero-order valence-electron chi connectivity index (χ0n) is 16.8. The zero-order valence-corrected chi connectivity index (χ0v) is 16.8. The fourth-order valence-corrected chi connectivity index (χ4v) is 3.36. The van der Waals surface area contributed by atoms with E-state index in [1.165, 1.54) is 89.9 Å². The maximum Gasteiger partial charge on any atom is 0.0799 e. The second-order valence-electron chi connectivity index (χ2n) is 7.66. The molecule has 2 unspecified atom stereocenters. The Kier molecular flexibility index (Phi) is 19.2. The molecule has 2 atom stereocenters. The highest BCUT2D eigenvalue weighted by Gasteiger charge is 2.15. The van der Waals surface area contributed by atoms with Crippen LogP contribution in [0.1, 0.15) is 129 Å². The molecule has 0 aliphatic rings. The number of aliphatic hydroxyl groups excluding tert-OH is 2. The Balaban J connectivity index is 3.30. The highest BCUT2D eigenvalue weighted by Crippen LogP contribution is 2.15. The highest BCUT2D eigenvalue weighted by molar-refractivity contribution is 4.67. The van der Waals surface area contributed by atoms with Gasteiger partial charge < -0.3 is 10.2 Å². The van der Waals surface area contributed by atoms with Crippen molar-refractivity contribution < 1.29 is 10.2 Å². The first-order valence-electron chi connectivity index (χ1n) is 11.1. The van der Waals surface area contributed by atoms with Gasteiger partial charge >= 0.3 is 0 Å². The van der Waals surface area contributed by atoms with Crippen LogP contribution >= 0.6 is 0 Å². The van der Waals surface area contributed by atoms with Crippen molar-refractivity contribution in [2.24, 2.45) is 0 Å². The molecule has 2 nitrogen and oxygen atoms in total. The molecule has 0 aromatic heterocycles. The molecule has 0 fully saturated rings. The van der Waals surface area contributed by atoms with E-state index in [0.717, 1.165) is 25.7 Å². The van der Waals surface area contributed by atoms with Gasteiger partial charge in [-0.05, 0) is 12.8 Å². The van der Waals surface area contributed by atoms with Crippen LogP contribution < -0.4 is 0 Å². The molecular weight excluding hydrogens is 296 g/mol. The van der Waals surface area contributed by atoms with Gasteiger partial charge in [0, 0.05) is 0 Å². The molecule has 0 saturated carbocycles. The molecule has 24 heavy (non-hydrogen) atoms. The Morgan fingerprint density at radius 3 is 0.958 bits per heavy atom. The van der Waals surface area contributed by atoms with E-state index in [1.54, 1.807) is 0 Å². The maximum absolute atomic E-state index is 10.0. The summed E-state index contributed by atoms with van der Waals surface area (Å²) < 4.78 is 0. The van der Waals surface area contributed by atoms with Crippen LogP contribution in [0.2, 0.25) is 0 Å². The van der Waals surface area contributed by atoms with Crippen LogP contribution in [0.25, 0.3) is 0 Å². The quantitative estimate of drug-likeness (QED) is 0.254. The summed E-state index contributed by atoms with van der Waals surface area (Å²) in [5.41, 5.74) is 0. The number of hydrogen-bond acceptors (Lipinski definition) is 2. The van der Waals surface area contributed by atoms with Crippen LogP contribution in [-0.4, -0.2) is 22.4 Å². The molecule has 0 bridgehead atoms. The monoisotopic (exact) mass is 342 g/mol. The maximum atomic E-state index is 10.0. The molecule has 0 aromatic rings. The number of aliphatic hydroxyl groups is 2. The number of rotatable bonds is 19. The van der Waals surface area contributed by atoms with Crippen molar-refractivity contribution in [2.75, 3.05) is 0 Å². The molecule has 2 N–H and O–H groups in total. The van der Waals surface area contributed by atoms with E-state index in [0.29, 0.717) is 0 Å². The van der Waals surface area contributed by atoms with Crippen molar-refractivity contribution in [3.8, 4) is 0 Å². The lowest BCUT2D eigenvalue weighted by atomic mass is 9.99. The van der Waals surface area contributed by atoms with Gasteiger partial charge in [0.15, 0.2) is 0 Å². The Morgan fingerprint density at radius 1 is 0.417 bits per heavy atom. The van der Waals surface area contributed by atoms with Gasteiger partial charge in [0.05, 0.1) is 12.2 Å². The second kappa shape index (κ2) is 19.2. The van der Waals surface area contributed by atoms with Gasteiger partial charge in [0.1, 0.15) is 0 Å². The lowest BCUT2D eigenvalue weighted by molar-refractivity contribution is 0.00712. The van der Waals surface area contributed by atoms with Gasteiger partial charge in [0.25, 0.3) is 0 Å². The fourth-order valence-electron chi connectivity index (χ4n) is 3.36. The minimum atomic E-state index is -0.505. The predicted octanol–water partition coefficient (Wildman–Crippen LogP) is 6.77. The minimum absolute atomic E-state index is 0.505. The van der Waals surface area contributed by atoms with Crippen molar-refractivity contribution >= 4 is 0 Å². The van der Waals surface area contributed by atoms with E-state index in [2.05, 4.69) is 13.8 Å². The summed E-state index contributed by atoms with van der Waals surface area (Å²) in [5, 5.41) is 20.0. The largest absolute Gasteiger partial charge is 0.390 e. The van der Waals surface area contributed by atoms with Crippen molar-refractivity contribution in [1.29, 1.82) is 0 Å². The molecule has 0 heterocycles. The van der Waals surface area contributed by atoms with E-state index >= 15 is 0 Å². The summed E-state index contributed by atoms with van der Waals surface area (Å²) in [5.74, 6) is 0. The lowest BCUT2D eigenvalue weighted by Gasteiger charge is -2.17.